The van der Waals surface area contributed by atoms with Crippen LogP contribution < -0.4 is 14.9 Å². The van der Waals surface area contributed by atoms with Gasteiger partial charge >= 0.3 is 0 Å². The third-order valence-electron chi connectivity index (χ3n) is 7.33. The van der Waals surface area contributed by atoms with Gasteiger partial charge in [0.1, 0.15) is 0 Å². The molecule has 6 nitrogen and oxygen atoms in total. The van der Waals surface area contributed by atoms with E-state index in [1.54, 1.807) is 21.6 Å². The molecule has 0 spiro atoms. The van der Waals surface area contributed by atoms with E-state index in [2.05, 4.69) is 71.3 Å². The number of aromatic nitrogens is 2. The molecule has 0 saturated carbocycles. The second-order valence-electron chi connectivity index (χ2n) is 9.75. The summed E-state index contributed by atoms with van der Waals surface area (Å²) in [6.45, 7) is 11.0. The van der Waals surface area contributed by atoms with Crippen LogP contribution in [0, 0.1) is 17.4 Å². The molecule has 0 fully saturated rings. The molecule has 3 heterocycles. The summed E-state index contributed by atoms with van der Waals surface area (Å²) in [6, 6.07) is 17.2. The summed E-state index contributed by atoms with van der Waals surface area (Å²) < 4.78 is 5.61. The number of carbonyl (C=O) groups is 1. The molecule has 0 N–H and O–H groups in total. The van der Waals surface area contributed by atoms with E-state index in [1.807, 2.05) is 39.0 Å². The summed E-state index contributed by atoms with van der Waals surface area (Å²) >= 11 is 9.85. The van der Waals surface area contributed by atoms with Gasteiger partial charge in [0, 0.05) is 38.8 Å². The number of nitrogens with zero attached hydrogens (tertiary/aromatic N) is 4. The molecule has 40 heavy (non-hydrogen) atoms. The van der Waals surface area contributed by atoms with Gasteiger partial charge in [0.15, 0.2) is 4.80 Å². The zero-order chi connectivity index (χ0) is 28.7. The summed E-state index contributed by atoms with van der Waals surface area (Å²) in [7, 11) is 0. The SMILES string of the molecule is CCN(CC)C(=O)C1=C(C)N=c2s/c(=C/c3cc(C)n(-c4ccc(I)cc4)c3C)c(=O)n2[C@H]1c1ccc(Cl)cc1. The van der Waals surface area contributed by atoms with E-state index in [9.17, 15) is 9.59 Å². The molecule has 5 rings (SSSR count). The quantitative estimate of drug-likeness (QED) is 0.242. The van der Waals surface area contributed by atoms with Crippen LogP contribution >= 0.6 is 45.5 Å². The lowest BCUT2D eigenvalue weighted by Gasteiger charge is -2.29. The summed E-state index contributed by atoms with van der Waals surface area (Å²) in [5, 5.41) is 0.594. The fourth-order valence-electron chi connectivity index (χ4n) is 5.30. The van der Waals surface area contributed by atoms with Gasteiger partial charge in [-0.25, -0.2) is 4.99 Å². The first kappa shape index (κ1) is 28.6. The predicted octanol–water partition coefficient (Wildman–Crippen LogP) is 5.77. The Hall–Kier alpha value is -2.95. The smallest absolute Gasteiger partial charge is 0.271 e. The van der Waals surface area contributed by atoms with Gasteiger partial charge in [-0.1, -0.05) is 35.1 Å². The molecule has 1 aliphatic heterocycles. The van der Waals surface area contributed by atoms with Gasteiger partial charge in [-0.2, -0.15) is 0 Å². The zero-order valence-corrected chi connectivity index (χ0v) is 26.8. The topological polar surface area (TPSA) is 59.6 Å². The third kappa shape index (κ3) is 5.12. The van der Waals surface area contributed by atoms with Crippen LogP contribution in [0.1, 0.15) is 49.3 Å². The van der Waals surface area contributed by atoms with Crippen molar-refractivity contribution < 1.29 is 4.79 Å². The Bertz CT molecular complexity index is 1810. The van der Waals surface area contributed by atoms with Crippen LogP contribution in [0.25, 0.3) is 11.8 Å². The van der Waals surface area contributed by atoms with E-state index in [-0.39, 0.29) is 11.5 Å². The summed E-state index contributed by atoms with van der Waals surface area (Å²) in [6.07, 6.45) is 1.94. The number of halogens is 2. The largest absolute Gasteiger partial charge is 0.339 e. The van der Waals surface area contributed by atoms with E-state index in [0.717, 1.165) is 28.2 Å². The molecule has 0 aliphatic carbocycles. The first-order valence-corrected chi connectivity index (χ1v) is 15.4. The van der Waals surface area contributed by atoms with Crippen LogP contribution in [-0.4, -0.2) is 33.0 Å². The second kappa shape index (κ2) is 11.5. The molecule has 1 aliphatic rings. The highest BCUT2D eigenvalue weighted by molar-refractivity contribution is 14.1. The Morgan fingerprint density at radius 1 is 1.07 bits per heavy atom. The number of hydrogen-bond acceptors (Lipinski definition) is 4. The first-order chi connectivity index (χ1) is 19.1. The molecule has 0 bridgehead atoms. The first-order valence-electron chi connectivity index (χ1n) is 13.2. The maximum Gasteiger partial charge on any atom is 0.271 e. The fourth-order valence-corrected chi connectivity index (χ4v) is 6.82. The summed E-state index contributed by atoms with van der Waals surface area (Å²) in [4.78, 5) is 34.9. The molecule has 1 amide bonds. The van der Waals surface area contributed by atoms with Gasteiger partial charge in [-0.15, -0.1) is 0 Å². The van der Waals surface area contributed by atoms with Crippen LogP contribution in [0.3, 0.4) is 0 Å². The average molecular weight is 685 g/mol. The minimum Gasteiger partial charge on any atom is -0.339 e. The van der Waals surface area contributed by atoms with Gasteiger partial charge in [0.2, 0.25) is 0 Å². The number of aryl methyl sites for hydroxylation is 1. The number of likely N-dealkylation sites (N-methyl/N-ethyl adjacent to an activating group) is 1. The van der Waals surface area contributed by atoms with Gasteiger partial charge < -0.3 is 9.47 Å². The number of amides is 1. The van der Waals surface area contributed by atoms with E-state index >= 15 is 0 Å². The lowest BCUT2D eigenvalue weighted by atomic mass is 9.94. The molecular weight excluding hydrogens is 655 g/mol. The van der Waals surface area contributed by atoms with Crippen molar-refractivity contribution in [3.63, 3.8) is 0 Å². The maximum absolute atomic E-state index is 14.1. The van der Waals surface area contributed by atoms with Crippen LogP contribution in [0.2, 0.25) is 5.02 Å². The number of carbonyl (C=O) groups excluding carboxylic acids is 1. The van der Waals surface area contributed by atoms with Crippen LogP contribution in [0.4, 0.5) is 0 Å². The molecule has 2 aromatic carbocycles. The van der Waals surface area contributed by atoms with Crippen molar-refractivity contribution in [1.82, 2.24) is 14.0 Å². The number of fused-ring (bicyclic) bond motifs is 1. The number of thiazole rings is 1. The molecule has 1 atom stereocenters. The van der Waals surface area contributed by atoms with Crippen LogP contribution in [0.5, 0.6) is 0 Å². The lowest BCUT2D eigenvalue weighted by Crippen LogP contribution is -2.43. The van der Waals surface area contributed by atoms with Gasteiger partial charge in [0.25, 0.3) is 11.5 Å². The number of hydrogen-bond donors (Lipinski definition) is 0. The maximum atomic E-state index is 14.1. The Labute approximate surface area is 256 Å². The molecule has 206 valence electrons. The third-order valence-corrected chi connectivity index (χ3v) is 9.28. The van der Waals surface area contributed by atoms with Crippen molar-refractivity contribution in [2.75, 3.05) is 13.1 Å². The van der Waals surface area contributed by atoms with Gasteiger partial charge in [-0.3, -0.25) is 14.2 Å². The highest BCUT2D eigenvalue weighted by Gasteiger charge is 2.34. The van der Waals surface area contributed by atoms with Crippen LogP contribution in [0.15, 0.2) is 75.7 Å². The average Bonchev–Trinajstić information content (AvgIpc) is 3.39. The van der Waals surface area contributed by atoms with Crippen LogP contribution in [-0.2, 0) is 4.79 Å². The Morgan fingerprint density at radius 2 is 1.73 bits per heavy atom. The van der Waals surface area contributed by atoms with E-state index in [0.29, 0.717) is 38.7 Å². The highest BCUT2D eigenvalue weighted by Crippen LogP contribution is 2.32. The van der Waals surface area contributed by atoms with Crippen molar-refractivity contribution in [3.8, 4) is 5.69 Å². The van der Waals surface area contributed by atoms with E-state index < -0.39 is 6.04 Å². The molecule has 2 aromatic heterocycles. The highest BCUT2D eigenvalue weighted by atomic mass is 127. The molecule has 0 unspecified atom stereocenters. The zero-order valence-electron chi connectivity index (χ0n) is 23.0. The monoisotopic (exact) mass is 684 g/mol. The van der Waals surface area contributed by atoms with E-state index in [4.69, 9.17) is 16.6 Å². The predicted molar refractivity (Wildman–Crippen MR) is 171 cm³/mol. The van der Waals surface area contributed by atoms with Crippen molar-refractivity contribution >= 4 is 57.5 Å². The van der Waals surface area contributed by atoms with Crippen molar-refractivity contribution in [1.29, 1.82) is 0 Å². The normalized spacial score (nSPS) is 15.3. The minimum absolute atomic E-state index is 0.110. The second-order valence-corrected chi connectivity index (χ2v) is 12.4. The van der Waals surface area contributed by atoms with Crippen molar-refractivity contribution in [3.05, 3.63) is 117 Å². The number of benzene rings is 2. The molecule has 0 radical (unpaired) electrons. The standard InChI is InChI=1S/C31H30ClIN4O2S/c1-6-35(7-2)30(39)27-19(4)34-31-37(28(27)21-8-10-23(32)11-9-21)29(38)26(40-31)17-22-16-18(3)36(20(22)5)25-14-12-24(33)13-15-25/h8-17,28H,6-7H2,1-5H3/b26-17+/t28-/m0/s1. The van der Waals surface area contributed by atoms with Crippen molar-refractivity contribution in [2.24, 2.45) is 4.99 Å². The van der Waals surface area contributed by atoms with Crippen molar-refractivity contribution in [2.45, 2.75) is 40.7 Å². The summed E-state index contributed by atoms with van der Waals surface area (Å²) in [5.41, 5.74) is 5.98. The lowest BCUT2D eigenvalue weighted by molar-refractivity contribution is -0.127. The molecule has 9 heteroatoms. The Morgan fingerprint density at radius 3 is 2.35 bits per heavy atom. The fraction of sp³-hybridized carbons (Fsp3) is 0.258. The van der Waals surface area contributed by atoms with E-state index in [1.165, 1.54) is 14.9 Å². The summed E-state index contributed by atoms with van der Waals surface area (Å²) in [5.74, 6) is -0.110. The Kier molecular flexibility index (Phi) is 8.22. The minimum atomic E-state index is -0.594. The van der Waals surface area contributed by atoms with Gasteiger partial charge in [0.05, 0.1) is 21.8 Å². The molecule has 0 saturated heterocycles. The molecular formula is C31H30ClIN4O2S. The molecule has 4 aromatic rings. The Balaban J connectivity index is 1.69. The number of rotatable bonds is 6. The van der Waals surface area contributed by atoms with Gasteiger partial charge in [-0.05, 0) is 117 Å². The number of allylic oxidation sites excluding steroid dienone is 1.